The van der Waals surface area contributed by atoms with E-state index in [0.717, 1.165) is 4.90 Å². The van der Waals surface area contributed by atoms with E-state index >= 15 is 0 Å². The molecule has 0 radical (unpaired) electrons. The maximum Gasteiger partial charge on any atom is 0.324 e. The van der Waals surface area contributed by atoms with Gasteiger partial charge in [0.15, 0.2) is 0 Å². The number of carbonyl (C=O) groups excluding carboxylic acids is 3. The molecule has 128 valence electrons. The molecule has 8 heteroatoms. The molecular weight excluding hydrogens is 393 g/mol. The van der Waals surface area contributed by atoms with E-state index in [9.17, 15) is 18.8 Å². The Bertz CT molecular complexity index is 856. The number of hydrogen-bond donors (Lipinski definition) is 2. The third-order valence-electron chi connectivity index (χ3n) is 3.64. The van der Waals surface area contributed by atoms with Crippen LogP contribution in [0.15, 0.2) is 46.9 Å². The highest BCUT2D eigenvalue weighted by Gasteiger charge is 2.28. The number of hydrogen-bond acceptors (Lipinski definition) is 3. The van der Waals surface area contributed by atoms with Gasteiger partial charge in [-0.2, -0.15) is 0 Å². The minimum Gasteiger partial charge on any atom is -0.329 e. The first-order valence-corrected chi connectivity index (χ1v) is 8.17. The standard InChI is InChI=1S/C17H13BrFN3O3/c18-11-4-5-13(14(19)7-11)16(24)21-12-3-1-2-10(6-12)9-22-15(23)8-20-17(22)25/h1-7H,8-9H2,(H,20,25)(H,21,24). The number of benzene rings is 2. The molecule has 0 saturated carbocycles. The Hall–Kier alpha value is -2.74. The highest BCUT2D eigenvalue weighted by Crippen LogP contribution is 2.18. The molecule has 4 amide bonds. The first kappa shape index (κ1) is 17.1. The number of rotatable bonds is 4. The third-order valence-corrected chi connectivity index (χ3v) is 4.13. The fourth-order valence-electron chi connectivity index (χ4n) is 2.42. The minimum absolute atomic E-state index is 0.0158. The van der Waals surface area contributed by atoms with Gasteiger partial charge in [0.2, 0.25) is 5.91 Å². The number of anilines is 1. The Morgan fingerprint density at radius 1 is 1.24 bits per heavy atom. The van der Waals surface area contributed by atoms with E-state index in [1.165, 1.54) is 12.1 Å². The average molecular weight is 406 g/mol. The first-order valence-electron chi connectivity index (χ1n) is 7.37. The molecule has 1 aliphatic rings. The highest BCUT2D eigenvalue weighted by molar-refractivity contribution is 9.10. The van der Waals surface area contributed by atoms with E-state index in [4.69, 9.17) is 0 Å². The Balaban J connectivity index is 1.74. The van der Waals surface area contributed by atoms with Gasteiger partial charge in [-0.3, -0.25) is 14.5 Å². The van der Waals surface area contributed by atoms with Gasteiger partial charge in [0.1, 0.15) is 5.82 Å². The van der Waals surface area contributed by atoms with Gasteiger partial charge < -0.3 is 10.6 Å². The lowest BCUT2D eigenvalue weighted by Gasteiger charge is -2.13. The van der Waals surface area contributed by atoms with E-state index in [0.29, 0.717) is 15.7 Å². The van der Waals surface area contributed by atoms with Crippen LogP contribution in [0.4, 0.5) is 14.9 Å². The summed E-state index contributed by atoms with van der Waals surface area (Å²) in [6.07, 6.45) is 0. The van der Waals surface area contributed by atoms with Crippen LogP contribution in [0.5, 0.6) is 0 Å². The lowest BCUT2D eigenvalue weighted by atomic mass is 10.1. The number of nitrogens with one attached hydrogen (secondary N) is 2. The van der Waals surface area contributed by atoms with E-state index in [1.54, 1.807) is 30.3 Å². The van der Waals surface area contributed by atoms with Crippen molar-refractivity contribution in [3.8, 4) is 0 Å². The molecule has 0 atom stereocenters. The zero-order valence-corrected chi connectivity index (χ0v) is 14.5. The van der Waals surface area contributed by atoms with E-state index in [-0.39, 0.29) is 24.6 Å². The molecule has 0 spiro atoms. The van der Waals surface area contributed by atoms with E-state index < -0.39 is 17.8 Å². The molecule has 6 nitrogen and oxygen atoms in total. The van der Waals surface area contributed by atoms with Gasteiger partial charge in [-0.25, -0.2) is 9.18 Å². The lowest BCUT2D eigenvalue weighted by molar-refractivity contribution is -0.125. The quantitative estimate of drug-likeness (QED) is 0.767. The average Bonchev–Trinajstić information content (AvgIpc) is 2.87. The number of halogens is 2. The Kier molecular flexibility index (Phi) is 4.80. The number of nitrogens with zero attached hydrogens (tertiary/aromatic N) is 1. The number of urea groups is 1. The summed E-state index contributed by atoms with van der Waals surface area (Å²) in [6, 6.07) is 10.4. The molecule has 2 aromatic carbocycles. The Labute approximate surface area is 151 Å². The maximum absolute atomic E-state index is 13.9. The SMILES string of the molecule is O=C(Nc1cccc(CN2C(=O)CNC2=O)c1)c1ccc(Br)cc1F. The zero-order chi connectivity index (χ0) is 18.0. The van der Waals surface area contributed by atoms with Crippen LogP contribution in [0.1, 0.15) is 15.9 Å². The summed E-state index contributed by atoms with van der Waals surface area (Å²) >= 11 is 3.14. The molecule has 3 rings (SSSR count). The fraction of sp³-hybridized carbons (Fsp3) is 0.118. The van der Waals surface area contributed by atoms with Gasteiger partial charge >= 0.3 is 6.03 Å². The van der Waals surface area contributed by atoms with Gasteiger partial charge in [-0.1, -0.05) is 28.1 Å². The van der Waals surface area contributed by atoms with Crippen LogP contribution in [0.2, 0.25) is 0 Å². The number of amides is 4. The summed E-state index contributed by atoms with van der Waals surface area (Å²) in [4.78, 5) is 36.5. The molecule has 0 unspecified atom stereocenters. The summed E-state index contributed by atoms with van der Waals surface area (Å²) in [5.74, 6) is -1.53. The van der Waals surface area contributed by atoms with Gasteiger partial charge in [-0.15, -0.1) is 0 Å². The van der Waals surface area contributed by atoms with Crippen molar-refractivity contribution in [2.24, 2.45) is 0 Å². The van der Waals surface area contributed by atoms with E-state index in [2.05, 4.69) is 26.6 Å². The number of imide groups is 1. The molecule has 1 aliphatic heterocycles. The molecule has 1 fully saturated rings. The maximum atomic E-state index is 13.9. The second-order valence-corrected chi connectivity index (χ2v) is 6.33. The summed E-state index contributed by atoms with van der Waals surface area (Å²) in [5, 5.41) is 5.05. The molecule has 0 bridgehead atoms. The molecule has 2 N–H and O–H groups in total. The normalized spacial score (nSPS) is 13.8. The van der Waals surface area contributed by atoms with Crippen molar-refractivity contribution in [3.63, 3.8) is 0 Å². The largest absolute Gasteiger partial charge is 0.329 e. The summed E-state index contributed by atoms with van der Waals surface area (Å²) in [7, 11) is 0. The second kappa shape index (κ2) is 7.02. The monoisotopic (exact) mass is 405 g/mol. The van der Waals surface area contributed by atoms with Gasteiger partial charge in [-0.05, 0) is 35.9 Å². The predicted molar refractivity (Wildman–Crippen MR) is 92.4 cm³/mol. The summed E-state index contributed by atoms with van der Waals surface area (Å²) < 4.78 is 14.4. The first-order chi connectivity index (χ1) is 11.9. The van der Waals surface area contributed by atoms with Crippen molar-refractivity contribution < 1.29 is 18.8 Å². The predicted octanol–water partition coefficient (Wildman–Crippen LogP) is 2.89. The smallest absolute Gasteiger partial charge is 0.324 e. The molecule has 25 heavy (non-hydrogen) atoms. The topological polar surface area (TPSA) is 78.5 Å². The van der Waals surface area contributed by atoms with Gasteiger partial charge in [0.05, 0.1) is 18.7 Å². The van der Waals surface area contributed by atoms with Crippen molar-refractivity contribution in [1.29, 1.82) is 0 Å². The molecule has 2 aromatic rings. The van der Waals surface area contributed by atoms with E-state index in [1.807, 2.05) is 0 Å². The zero-order valence-electron chi connectivity index (χ0n) is 12.9. The van der Waals surface area contributed by atoms with Crippen LogP contribution in [-0.2, 0) is 11.3 Å². The lowest BCUT2D eigenvalue weighted by Crippen LogP contribution is -2.30. The van der Waals surface area contributed by atoms with Crippen LogP contribution in [0.25, 0.3) is 0 Å². The van der Waals surface area contributed by atoms with Crippen molar-refractivity contribution in [2.45, 2.75) is 6.54 Å². The fourth-order valence-corrected chi connectivity index (χ4v) is 2.75. The van der Waals surface area contributed by atoms with Gasteiger partial charge in [0.25, 0.3) is 5.91 Å². The second-order valence-electron chi connectivity index (χ2n) is 5.42. The molecule has 1 heterocycles. The minimum atomic E-state index is -0.637. The van der Waals surface area contributed by atoms with Crippen molar-refractivity contribution in [2.75, 3.05) is 11.9 Å². The van der Waals surface area contributed by atoms with Gasteiger partial charge in [0, 0.05) is 10.2 Å². The Morgan fingerprint density at radius 3 is 2.72 bits per heavy atom. The van der Waals surface area contributed by atoms with Crippen molar-refractivity contribution in [3.05, 3.63) is 63.9 Å². The van der Waals surface area contributed by atoms with Crippen molar-refractivity contribution >= 4 is 39.5 Å². The van der Waals surface area contributed by atoms with Crippen LogP contribution < -0.4 is 10.6 Å². The molecule has 0 aliphatic carbocycles. The third kappa shape index (κ3) is 3.85. The summed E-state index contributed by atoms with van der Waals surface area (Å²) in [5.41, 5.74) is 1.03. The van der Waals surface area contributed by atoms with Crippen LogP contribution in [0.3, 0.4) is 0 Å². The Morgan fingerprint density at radius 2 is 2.04 bits per heavy atom. The van der Waals surface area contributed by atoms with Crippen molar-refractivity contribution in [1.82, 2.24) is 10.2 Å². The highest BCUT2D eigenvalue weighted by atomic mass is 79.9. The van der Waals surface area contributed by atoms with Crippen LogP contribution >= 0.6 is 15.9 Å². The van der Waals surface area contributed by atoms with Crippen LogP contribution in [0, 0.1) is 5.82 Å². The molecule has 1 saturated heterocycles. The molecular formula is C17H13BrFN3O3. The number of carbonyl (C=O) groups is 3. The molecule has 0 aromatic heterocycles. The van der Waals surface area contributed by atoms with Crippen LogP contribution in [-0.4, -0.2) is 29.3 Å². The summed E-state index contributed by atoms with van der Waals surface area (Å²) in [6.45, 7) is 0.0825.